The molecule has 2 aliphatic rings. The number of ether oxygens (including phenoxy) is 3. The fourth-order valence-electron chi connectivity index (χ4n) is 4.34. The van der Waals surface area contributed by atoms with Crippen molar-refractivity contribution in [3.63, 3.8) is 0 Å². The lowest BCUT2D eigenvalue weighted by atomic mass is 9.84. The molecule has 0 unspecified atom stereocenters. The number of nitrogens with one attached hydrogen (secondary N) is 2. The van der Waals surface area contributed by atoms with E-state index in [4.69, 9.17) is 14.2 Å². The van der Waals surface area contributed by atoms with Gasteiger partial charge >= 0.3 is 18.2 Å². The lowest BCUT2D eigenvalue weighted by Crippen LogP contribution is -2.64. The molecule has 0 saturated carbocycles. The van der Waals surface area contributed by atoms with E-state index in [1.807, 2.05) is 0 Å². The second kappa shape index (κ2) is 12.9. The Balaban J connectivity index is 2.15. The summed E-state index contributed by atoms with van der Waals surface area (Å²) >= 11 is 0. The van der Waals surface area contributed by atoms with Crippen LogP contribution in [0.15, 0.2) is 11.6 Å². The van der Waals surface area contributed by atoms with Gasteiger partial charge in [-0.2, -0.15) is 0 Å². The van der Waals surface area contributed by atoms with Crippen molar-refractivity contribution in [1.82, 2.24) is 20.4 Å². The zero-order valence-electron chi connectivity index (χ0n) is 22.0. The van der Waals surface area contributed by atoms with Crippen LogP contribution in [0.2, 0.25) is 0 Å². The number of hydrogen-bond donors (Lipinski definition) is 3. The van der Waals surface area contributed by atoms with E-state index in [1.54, 1.807) is 40.9 Å². The summed E-state index contributed by atoms with van der Waals surface area (Å²) in [6, 6.07) is -1.74. The number of nitrogens with zero attached hydrogens (tertiary/aromatic N) is 2. The van der Waals surface area contributed by atoms with Gasteiger partial charge in [0, 0.05) is 39.6 Å². The maximum absolute atomic E-state index is 12.5. The molecule has 3 N–H and O–H groups in total. The van der Waals surface area contributed by atoms with Crippen LogP contribution < -0.4 is 10.6 Å². The van der Waals surface area contributed by atoms with Gasteiger partial charge < -0.3 is 34.9 Å². The lowest BCUT2D eigenvalue weighted by molar-refractivity contribution is -0.133. The van der Waals surface area contributed by atoms with Gasteiger partial charge in [-0.25, -0.2) is 14.4 Å². The molecule has 0 bridgehead atoms. The number of hydrogen-bond acceptors (Lipinski definition) is 8. The summed E-state index contributed by atoms with van der Waals surface area (Å²) in [5, 5.41) is 15.4. The summed E-state index contributed by atoms with van der Waals surface area (Å²) in [5.74, 6) is -1.37. The number of amides is 3. The van der Waals surface area contributed by atoms with Gasteiger partial charge in [-0.1, -0.05) is 6.08 Å². The highest BCUT2D eigenvalue weighted by molar-refractivity contribution is 5.87. The molecule has 12 heteroatoms. The summed E-state index contributed by atoms with van der Waals surface area (Å²) < 4.78 is 16.4. The van der Waals surface area contributed by atoms with E-state index in [-0.39, 0.29) is 37.2 Å². The van der Waals surface area contributed by atoms with Crippen molar-refractivity contribution in [2.75, 3.05) is 40.4 Å². The van der Waals surface area contributed by atoms with Gasteiger partial charge in [-0.3, -0.25) is 9.69 Å². The first-order valence-electron chi connectivity index (χ1n) is 12.2. The van der Waals surface area contributed by atoms with E-state index in [0.717, 1.165) is 12.8 Å². The molecule has 12 nitrogen and oxygen atoms in total. The van der Waals surface area contributed by atoms with Crippen molar-refractivity contribution in [2.24, 2.45) is 0 Å². The molecule has 204 valence electrons. The molecule has 4 atom stereocenters. The summed E-state index contributed by atoms with van der Waals surface area (Å²) in [5.41, 5.74) is -0.577. The molecule has 3 amide bonds. The van der Waals surface area contributed by atoms with Crippen LogP contribution in [0.25, 0.3) is 0 Å². The van der Waals surface area contributed by atoms with Gasteiger partial charge in [0.1, 0.15) is 12.2 Å². The second-order valence-electron chi connectivity index (χ2n) is 10.3. The smallest absolute Gasteiger partial charge is 0.409 e. The van der Waals surface area contributed by atoms with E-state index >= 15 is 0 Å². The molecule has 1 aliphatic heterocycles. The molecule has 2 rings (SSSR count). The number of piperidine rings is 1. The van der Waals surface area contributed by atoms with Crippen LogP contribution in [0.1, 0.15) is 47.0 Å². The normalized spacial score (nSPS) is 24.8. The van der Waals surface area contributed by atoms with Gasteiger partial charge in [0.25, 0.3) is 0 Å². The molecular weight excluding hydrogens is 472 g/mol. The van der Waals surface area contributed by atoms with E-state index in [1.165, 1.54) is 11.8 Å². The number of likely N-dealkylation sites (tertiary alicyclic amines) is 1. The van der Waals surface area contributed by atoms with Crippen molar-refractivity contribution in [2.45, 2.75) is 76.8 Å². The van der Waals surface area contributed by atoms with Gasteiger partial charge in [0.15, 0.2) is 0 Å². The summed E-state index contributed by atoms with van der Waals surface area (Å²) in [6.07, 6.45) is 2.00. The monoisotopic (exact) mass is 512 g/mol. The Morgan fingerprint density at radius 2 is 1.86 bits per heavy atom. The van der Waals surface area contributed by atoms with E-state index in [0.29, 0.717) is 13.1 Å². The standard InChI is InChI=1S/C24H40N4O8/c1-15(29)25-20-18(26-22(32)36-24(2,3)4)12-16(21(30)31)13-19(20)28-9-7-8-17(14-28)34-10-11-35-23(33)27(5)6/h13,17-20H,7-12,14H2,1-6H3,(H,25,29)(H,26,32)(H,30,31)/t17-,18-,19+,20+/m0/s1. The third-order valence-corrected chi connectivity index (χ3v) is 5.82. The van der Waals surface area contributed by atoms with Crippen molar-refractivity contribution < 1.29 is 38.5 Å². The zero-order valence-corrected chi connectivity index (χ0v) is 22.0. The number of carboxylic acid groups (broad SMARTS) is 1. The largest absolute Gasteiger partial charge is 0.478 e. The molecule has 1 aliphatic carbocycles. The molecule has 0 aromatic rings. The van der Waals surface area contributed by atoms with E-state index in [9.17, 15) is 24.3 Å². The van der Waals surface area contributed by atoms with Crippen LogP contribution in [-0.4, -0.2) is 109 Å². The minimum Gasteiger partial charge on any atom is -0.478 e. The number of carbonyl (C=O) groups excluding carboxylic acids is 3. The zero-order chi connectivity index (χ0) is 27.0. The van der Waals surface area contributed by atoms with Crippen molar-refractivity contribution in [1.29, 1.82) is 0 Å². The summed E-state index contributed by atoms with van der Waals surface area (Å²) in [6.45, 7) is 8.10. The number of alkyl carbamates (subject to hydrolysis) is 1. The van der Waals surface area contributed by atoms with Crippen LogP contribution in [0.3, 0.4) is 0 Å². The van der Waals surface area contributed by atoms with Crippen molar-refractivity contribution in [3.05, 3.63) is 11.6 Å². The minimum atomic E-state index is -1.08. The number of aliphatic carboxylic acids is 1. The Morgan fingerprint density at radius 1 is 1.17 bits per heavy atom. The molecule has 1 fully saturated rings. The van der Waals surface area contributed by atoms with Crippen molar-refractivity contribution in [3.8, 4) is 0 Å². The van der Waals surface area contributed by atoms with Crippen LogP contribution in [0, 0.1) is 0 Å². The fourth-order valence-corrected chi connectivity index (χ4v) is 4.34. The molecule has 1 saturated heterocycles. The highest BCUT2D eigenvalue weighted by Gasteiger charge is 2.41. The van der Waals surface area contributed by atoms with Gasteiger partial charge in [0.05, 0.1) is 30.8 Å². The van der Waals surface area contributed by atoms with E-state index in [2.05, 4.69) is 15.5 Å². The predicted molar refractivity (Wildman–Crippen MR) is 130 cm³/mol. The summed E-state index contributed by atoms with van der Waals surface area (Å²) in [7, 11) is 3.20. The molecule has 0 aromatic carbocycles. The number of carbonyl (C=O) groups is 4. The topological polar surface area (TPSA) is 147 Å². The lowest BCUT2D eigenvalue weighted by Gasteiger charge is -2.45. The average Bonchev–Trinajstić information content (AvgIpc) is 2.75. The SMILES string of the molecule is CC(=O)N[C@@H]1[C@@H](NC(=O)OC(C)(C)C)CC(C(=O)O)=C[C@H]1N1CCC[C@H](OCCOC(=O)N(C)C)C1. The second-order valence-corrected chi connectivity index (χ2v) is 10.3. The molecular formula is C24H40N4O8. The van der Waals surface area contributed by atoms with Crippen LogP contribution >= 0.6 is 0 Å². The van der Waals surface area contributed by atoms with Crippen LogP contribution in [0.5, 0.6) is 0 Å². The molecule has 36 heavy (non-hydrogen) atoms. The van der Waals surface area contributed by atoms with Crippen LogP contribution in [0.4, 0.5) is 9.59 Å². The van der Waals surface area contributed by atoms with Gasteiger partial charge in [-0.15, -0.1) is 0 Å². The molecule has 0 spiro atoms. The minimum absolute atomic E-state index is 0.0427. The summed E-state index contributed by atoms with van der Waals surface area (Å²) in [4.78, 5) is 51.5. The first kappa shape index (κ1) is 29.4. The Morgan fingerprint density at radius 3 is 2.44 bits per heavy atom. The number of carboxylic acids is 1. The molecule has 0 radical (unpaired) electrons. The first-order chi connectivity index (χ1) is 16.8. The Labute approximate surface area is 212 Å². The van der Waals surface area contributed by atoms with Gasteiger partial charge in [0.2, 0.25) is 5.91 Å². The maximum Gasteiger partial charge on any atom is 0.409 e. The van der Waals surface area contributed by atoms with Crippen molar-refractivity contribution >= 4 is 24.1 Å². The van der Waals surface area contributed by atoms with Crippen LogP contribution in [-0.2, 0) is 23.8 Å². The predicted octanol–water partition coefficient (Wildman–Crippen LogP) is 1.35. The fraction of sp³-hybridized carbons (Fsp3) is 0.750. The highest BCUT2D eigenvalue weighted by Crippen LogP contribution is 2.27. The Hall–Kier alpha value is -2.86. The average molecular weight is 513 g/mol. The van der Waals surface area contributed by atoms with E-state index < -0.39 is 41.9 Å². The Kier molecular flexibility index (Phi) is 10.5. The molecule has 0 aromatic heterocycles. The Bertz CT molecular complexity index is 838. The maximum atomic E-state index is 12.5. The third-order valence-electron chi connectivity index (χ3n) is 5.82. The first-order valence-corrected chi connectivity index (χ1v) is 12.2. The third kappa shape index (κ3) is 9.30. The number of rotatable bonds is 8. The highest BCUT2D eigenvalue weighted by atomic mass is 16.6. The molecule has 1 heterocycles. The quantitative estimate of drug-likeness (QED) is 0.410. The van der Waals surface area contributed by atoms with Gasteiger partial charge in [-0.05, 0) is 40.2 Å².